The normalized spacial score (nSPS) is 15.3. The number of hydrogen-bond acceptors (Lipinski definition) is 5. The zero-order valence-electron chi connectivity index (χ0n) is 14.5. The molecule has 7 nitrogen and oxygen atoms in total. The summed E-state index contributed by atoms with van der Waals surface area (Å²) in [7, 11) is -3.70. The van der Waals surface area contributed by atoms with E-state index in [1.807, 2.05) is 4.90 Å². The van der Waals surface area contributed by atoms with E-state index in [0.29, 0.717) is 36.2 Å². The van der Waals surface area contributed by atoms with E-state index < -0.39 is 10.0 Å². The summed E-state index contributed by atoms with van der Waals surface area (Å²) in [6.45, 7) is 3.04. The molecule has 144 valence electrons. The lowest BCUT2D eigenvalue weighted by Gasteiger charge is -2.25. The number of sulfonamides is 1. The largest absolute Gasteiger partial charge is 0.379 e. The molecule has 9 heteroatoms. The molecule has 0 aliphatic carbocycles. The van der Waals surface area contributed by atoms with Crippen molar-refractivity contribution in [3.8, 4) is 0 Å². The second kappa shape index (κ2) is 8.71. The molecule has 1 fully saturated rings. The molecule has 2 N–H and O–H groups in total. The number of anilines is 2. The van der Waals surface area contributed by atoms with Gasteiger partial charge in [0, 0.05) is 29.5 Å². The quantitative estimate of drug-likeness (QED) is 0.765. The van der Waals surface area contributed by atoms with Crippen LogP contribution >= 0.6 is 11.6 Å². The lowest BCUT2D eigenvalue weighted by molar-refractivity contribution is -0.118. The van der Waals surface area contributed by atoms with Gasteiger partial charge in [0.2, 0.25) is 5.91 Å². The van der Waals surface area contributed by atoms with Crippen molar-refractivity contribution in [1.29, 1.82) is 0 Å². The maximum absolute atomic E-state index is 12.4. The molecule has 2 aromatic carbocycles. The number of carbonyl (C=O) groups excluding carboxylic acids is 1. The second-order valence-corrected chi connectivity index (χ2v) is 8.19. The summed E-state index contributed by atoms with van der Waals surface area (Å²) in [4.78, 5) is 14.2. The maximum Gasteiger partial charge on any atom is 0.261 e. The molecule has 0 bridgehead atoms. The number of rotatable bonds is 6. The van der Waals surface area contributed by atoms with E-state index in [1.54, 1.807) is 24.3 Å². The van der Waals surface area contributed by atoms with Gasteiger partial charge in [0.15, 0.2) is 0 Å². The number of nitrogens with zero attached hydrogens (tertiary/aromatic N) is 1. The number of halogens is 1. The minimum Gasteiger partial charge on any atom is -0.379 e. The molecule has 0 atom stereocenters. The van der Waals surface area contributed by atoms with Crippen molar-refractivity contribution in [2.75, 3.05) is 42.9 Å². The molecule has 1 aliphatic rings. The highest BCUT2D eigenvalue weighted by Gasteiger charge is 2.15. The molecule has 0 radical (unpaired) electrons. The molecular formula is C18H20ClN3O4S. The van der Waals surface area contributed by atoms with Crippen molar-refractivity contribution in [2.24, 2.45) is 0 Å². The van der Waals surface area contributed by atoms with Crippen LogP contribution in [-0.2, 0) is 19.6 Å². The molecule has 2 aromatic rings. The van der Waals surface area contributed by atoms with Crippen LogP contribution in [0.5, 0.6) is 0 Å². The van der Waals surface area contributed by atoms with Gasteiger partial charge in [-0.1, -0.05) is 11.6 Å². The van der Waals surface area contributed by atoms with Crippen molar-refractivity contribution in [2.45, 2.75) is 4.90 Å². The Kier molecular flexibility index (Phi) is 6.33. The van der Waals surface area contributed by atoms with E-state index in [0.717, 1.165) is 13.1 Å². The van der Waals surface area contributed by atoms with E-state index in [9.17, 15) is 13.2 Å². The molecule has 3 rings (SSSR count). The Bertz CT molecular complexity index is 880. The van der Waals surface area contributed by atoms with Crippen molar-refractivity contribution >= 4 is 38.9 Å². The maximum atomic E-state index is 12.4. The first kappa shape index (κ1) is 19.6. The Balaban J connectivity index is 1.58. The molecule has 1 aliphatic heterocycles. The van der Waals surface area contributed by atoms with Gasteiger partial charge in [-0.15, -0.1) is 0 Å². The third-order valence-corrected chi connectivity index (χ3v) is 5.66. The number of ether oxygens (including phenoxy) is 1. The number of amides is 1. The Morgan fingerprint density at radius 3 is 2.22 bits per heavy atom. The van der Waals surface area contributed by atoms with Gasteiger partial charge in [-0.2, -0.15) is 0 Å². The smallest absolute Gasteiger partial charge is 0.261 e. The molecule has 1 amide bonds. The third-order valence-electron chi connectivity index (χ3n) is 4.02. The molecule has 0 saturated carbocycles. The van der Waals surface area contributed by atoms with Crippen LogP contribution in [-0.4, -0.2) is 52.1 Å². The van der Waals surface area contributed by atoms with Crippen LogP contribution in [0.15, 0.2) is 53.4 Å². The first-order chi connectivity index (χ1) is 12.9. The van der Waals surface area contributed by atoms with E-state index in [2.05, 4.69) is 10.0 Å². The molecular weight excluding hydrogens is 390 g/mol. The fraction of sp³-hybridized carbons (Fsp3) is 0.278. The summed E-state index contributed by atoms with van der Waals surface area (Å²) in [6, 6.07) is 12.4. The van der Waals surface area contributed by atoms with Crippen LogP contribution < -0.4 is 10.0 Å². The van der Waals surface area contributed by atoms with Crippen LogP contribution in [0, 0.1) is 0 Å². The average molecular weight is 410 g/mol. The molecule has 0 spiro atoms. The summed E-state index contributed by atoms with van der Waals surface area (Å²) in [6.07, 6.45) is 0. The van der Waals surface area contributed by atoms with Crippen LogP contribution in [0.4, 0.5) is 11.4 Å². The molecule has 1 saturated heterocycles. The Labute approximate surface area is 163 Å². The molecule has 1 heterocycles. The molecule has 0 aromatic heterocycles. The van der Waals surface area contributed by atoms with Crippen LogP contribution in [0.1, 0.15) is 0 Å². The SMILES string of the molecule is O=C(CN1CCOCC1)Nc1ccc(NS(=O)(=O)c2ccc(Cl)cc2)cc1. The second-order valence-electron chi connectivity index (χ2n) is 6.07. The Morgan fingerprint density at radius 2 is 1.59 bits per heavy atom. The van der Waals surface area contributed by atoms with Crippen LogP contribution in [0.2, 0.25) is 5.02 Å². The van der Waals surface area contributed by atoms with E-state index in [4.69, 9.17) is 16.3 Å². The number of carbonyl (C=O) groups is 1. The predicted molar refractivity (Wildman–Crippen MR) is 105 cm³/mol. The third kappa shape index (κ3) is 5.67. The molecule has 0 unspecified atom stereocenters. The summed E-state index contributed by atoms with van der Waals surface area (Å²) in [5.41, 5.74) is 0.999. The summed E-state index contributed by atoms with van der Waals surface area (Å²) >= 11 is 5.78. The minimum absolute atomic E-state index is 0.119. The van der Waals surface area contributed by atoms with Gasteiger partial charge in [0.25, 0.3) is 10.0 Å². The number of morpholine rings is 1. The van der Waals surface area contributed by atoms with Gasteiger partial charge in [-0.3, -0.25) is 14.4 Å². The highest BCUT2D eigenvalue weighted by atomic mass is 35.5. The summed E-state index contributed by atoms with van der Waals surface area (Å²) in [5, 5.41) is 3.27. The highest BCUT2D eigenvalue weighted by molar-refractivity contribution is 7.92. The molecule has 27 heavy (non-hydrogen) atoms. The predicted octanol–water partition coefficient (Wildman–Crippen LogP) is 2.41. The van der Waals surface area contributed by atoms with Crippen LogP contribution in [0.25, 0.3) is 0 Å². The van der Waals surface area contributed by atoms with Crippen molar-refractivity contribution in [3.05, 3.63) is 53.6 Å². The zero-order valence-corrected chi connectivity index (χ0v) is 16.1. The Morgan fingerprint density at radius 1 is 1.00 bits per heavy atom. The first-order valence-electron chi connectivity index (χ1n) is 8.41. The van der Waals surface area contributed by atoms with Gasteiger partial charge in [-0.05, 0) is 48.5 Å². The topological polar surface area (TPSA) is 87.7 Å². The number of nitrogens with one attached hydrogen (secondary N) is 2. The highest BCUT2D eigenvalue weighted by Crippen LogP contribution is 2.20. The lowest BCUT2D eigenvalue weighted by atomic mass is 10.3. The van der Waals surface area contributed by atoms with Crippen molar-refractivity contribution < 1.29 is 17.9 Å². The van der Waals surface area contributed by atoms with Gasteiger partial charge >= 0.3 is 0 Å². The Hall–Kier alpha value is -2.13. The fourth-order valence-corrected chi connectivity index (χ4v) is 3.80. The van der Waals surface area contributed by atoms with E-state index in [-0.39, 0.29) is 10.8 Å². The van der Waals surface area contributed by atoms with E-state index >= 15 is 0 Å². The minimum atomic E-state index is -3.70. The summed E-state index contributed by atoms with van der Waals surface area (Å²) < 4.78 is 32.5. The summed E-state index contributed by atoms with van der Waals surface area (Å²) in [5.74, 6) is -0.119. The lowest BCUT2D eigenvalue weighted by Crippen LogP contribution is -2.41. The van der Waals surface area contributed by atoms with Gasteiger partial charge < -0.3 is 10.1 Å². The fourth-order valence-electron chi connectivity index (χ4n) is 2.61. The monoisotopic (exact) mass is 409 g/mol. The number of hydrogen-bond donors (Lipinski definition) is 2. The first-order valence-corrected chi connectivity index (χ1v) is 10.3. The zero-order chi connectivity index (χ0) is 19.3. The van der Waals surface area contributed by atoms with Gasteiger partial charge in [0.05, 0.1) is 24.7 Å². The van der Waals surface area contributed by atoms with E-state index in [1.165, 1.54) is 24.3 Å². The standard InChI is InChI=1S/C18H20ClN3O4S/c19-14-1-7-17(8-2-14)27(24,25)21-16-5-3-15(4-6-16)20-18(23)13-22-9-11-26-12-10-22/h1-8,21H,9-13H2,(H,20,23). The van der Waals surface area contributed by atoms with Crippen molar-refractivity contribution in [3.63, 3.8) is 0 Å². The van der Waals surface area contributed by atoms with Gasteiger partial charge in [-0.25, -0.2) is 8.42 Å². The average Bonchev–Trinajstić information content (AvgIpc) is 2.64. The number of benzene rings is 2. The van der Waals surface area contributed by atoms with Crippen molar-refractivity contribution in [1.82, 2.24) is 4.90 Å². The van der Waals surface area contributed by atoms with Gasteiger partial charge in [0.1, 0.15) is 0 Å². The van der Waals surface area contributed by atoms with Crippen LogP contribution in [0.3, 0.4) is 0 Å².